The Kier molecular flexibility index (Phi) is 5.34. The molecule has 2 N–H and O–H groups in total. The predicted octanol–water partition coefficient (Wildman–Crippen LogP) is 3.02. The van der Waals surface area contributed by atoms with E-state index in [4.69, 9.17) is 19.4 Å². The summed E-state index contributed by atoms with van der Waals surface area (Å²) in [6, 6.07) is 16.1. The van der Waals surface area contributed by atoms with Crippen LogP contribution in [0.4, 0.5) is 0 Å². The Hall–Kier alpha value is -3.12. The maximum atomic E-state index is 9.45. The number of nitrogens with zero attached hydrogens (tertiary/aromatic N) is 1. The van der Waals surface area contributed by atoms with Crippen LogP contribution in [0.15, 0.2) is 59.2 Å². The third-order valence-corrected chi connectivity index (χ3v) is 3.84. The van der Waals surface area contributed by atoms with E-state index < -0.39 is 12.1 Å². The van der Waals surface area contributed by atoms with Crippen molar-refractivity contribution < 1.29 is 24.2 Å². The monoisotopic (exact) mass is 353 g/mol. The molecule has 6 heteroatoms. The van der Waals surface area contributed by atoms with Crippen LogP contribution in [0.3, 0.4) is 0 Å². The second kappa shape index (κ2) is 7.84. The highest BCUT2D eigenvalue weighted by atomic mass is 16.5. The first-order chi connectivity index (χ1) is 12.5. The van der Waals surface area contributed by atoms with Gasteiger partial charge in [0.1, 0.15) is 18.1 Å². The van der Waals surface area contributed by atoms with Gasteiger partial charge < -0.3 is 19.4 Å². The lowest BCUT2D eigenvalue weighted by Crippen LogP contribution is -2.13. The van der Waals surface area contributed by atoms with E-state index in [1.54, 1.807) is 6.26 Å². The van der Waals surface area contributed by atoms with Gasteiger partial charge in [0.05, 0.1) is 12.3 Å². The number of hydrogen-bond acceptors (Lipinski definition) is 5. The van der Waals surface area contributed by atoms with Gasteiger partial charge in [-0.25, -0.2) is 9.78 Å². The largest absolute Gasteiger partial charge is 0.493 e. The molecule has 134 valence electrons. The van der Waals surface area contributed by atoms with Gasteiger partial charge in [-0.2, -0.15) is 0 Å². The second-order valence-electron chi connectivity index (χ2n) is 5.83. The smallest absolute Gasteiger partial charge is 0.332 e. The van der Waals surface area contributed by atoms with Crippen LogP contribution in [0.2, 0.25) is 0 Å². The maximum absolute atomic E-state index is 9.45. The van der Waals surface area contributed by atoms with Crippen molar-refractivity contribution in [1.29, 1.82) is 0 Å². The van der Waals surface area contributed by atoms with Crippen molar-refractivity contribution in [2.75, 3.05) is 6.61 Å². The van der Waals surface area contributed by atoms with Crippen molar-refractivity contribution in [3.05, 3.63) is 70.9 Å². The Morgan fingerprint density at radius 3 is 2.50 bits per heavy atom. The molecular formula is C20H19NO5. The number of aliphatic hydroxyl groups excluding tert-OH is 1. The lowest BCUT2D eigenvalue weighted by atomic mass is 10.1. The molecule has 0 aliphatic heterocycles. The Labute approximate surface area is 150 Å². The molecule has 0 saturated heterocycles. The maximum Gasteiger partial charge on any atom is 0.332 e. The summed E-state index contributed by atoms with van der Waals surface area (Å²) in [5.74, 6) is 0.472. The molecule has 0 saturated carbocycles. The Morgan fingerprint density at radius 2 is 1.96 bits per heavy atom. The zero-order valence-electron chi connectivity index (χ0n) is 14.3. The number of carboxylic acid groups (broad SMARTS) is 1. The van der Waals surface area contributed by atoms with E-state index in [-0.39, 0.29) is 0 Å². The normalized spacial score (nSPS) is 11.9. The summed E-state index contributed by atoms with van der Waals surface area (Å²) in [5, 5.41) is 18.3. The molecule has 1 heterocycles. The van der Waals surface area contributed by atoms with Crippen molar-refractivity contribution in [1.82, 2.24) is 4.98 Å². The molecule has 0 bridgehead atoms. The standard InChI is InChI=1S/C17H13NO2.C3H6O3/c1-2-4-12(5-3-1)17-18-14(11-20-17)8-9-19-16-10-13-6-7-15(13)16;1-2(4)3(5)6/h1-7,10-11H,8-9H2;2,4H,1H3,(H,5,6). The Morgan fingerprint density at radius 1 is 1.23 bits per heavy atom. The molecule has 2 aromatic rings. The molecule has 1 atom stereocenters. The Bertz CT molecular complexity index is 979. The van der Waals surface area contributed by atoms with E-state index in [1.807, 2.05) is 30.3 Å². The summed E-state index contributed by atoms with van der Waals surface area (Å²) in [6.07, 6.45) is 1.22. The topological polar surface area (TPSA) is 92.8 Å². The number of benzene rings is 2. The highest BCUT2D eigenvalue weighted by molar-refractivity contribution is 5.71. The minimum Gasteiger partial charge on any atom is -0.493 e. The van der Waals surface area contributed by atoms with E-state index in [0.29, 0.717) is 12.5 Å². The van der Waals surface area contributed by atoms with Crippen molar-refractivity contribution in [3.8, 4) is 17.2 Å². The average Bonchev–Trinajstić information content (AvgIpc) is 3.09. The van der Waals surface area contributed by atoms with Crippen molar-refractivity contribution in [2.45, 2.75) is 19.4 Å². The van der Waals surface area contributed by atoms with E-state index >= 15 is 0 Å². The van der Waals surface area contributed by atoms with Gasteiger partial charge in [-0.1, -0.05) is 30.3 Å². The van der Waals surface area contributed by atoms with Crippen LogP contribution in [0.5, 0.6) is 5.75 Å². The van der Waals surface area contributed by atoms with Gasteiger partial charge in [0, 0.05) is 17.2 Å². The predicted molar refractivity (Wildman–Crippen MR) is 94.6 cm³/mol. The van der Waals surface area contributed by atoms with Gasteiger partial charge >= 0.3 is 5.97 Å². The van der Waals surface area contributed by atoms with Crippen LogP contribution in [0, 0.1) is 10.4 Å². The number of carboxylic acids is 1. The van der Waals surface area contributed by atoms with Gasteiger partial charge in [0.15, 0.2) is 0 Å². The number of carbonyl (C=O) groups is 1. The van der Waals surface area contributed by atoms with Crippen LogP contribution in [-0.2, 0) is 11.2 Å². The fourth-order valence-electron chi connectivity index (χ4n) is 2.27. The number of aromatic nitrogens is 1. The van der Waals surface area contributed by atoms with E-state index in [1.165, 1.54) is 17.4 Å². The fourth-order valence-corrected chi connectivity index (χ4v) is 2.27. The van der Waals surface area contributed by atoms with Gasteiger partial charge in [-0.3, -0.25) is 0 Å². The molecule has 26 heavy (non-hydrogen) atoms. The number of hydrogen-bond donors (Lipinski definition) is 2. The zero-order valence-corrected chi connectivity index (χ0v) is 14.3. The summed E-state index contributed by atoms with van der Waals surface area (Å²) >= 11 is 0. The van der Waals surface area contributed by atoms with Crippen molar-refractivity contribution >= 4 is 5.97 Å². The zero-order chi connectivity index (χ0) is 18.5. The van der Waals surface area contributed by atoms with Crippen LogP contribution < -0.4 is 4.74 Å². The molecule has 1 unspecified atom stereocenters. The minimum absolute atomic E-state index is 0.622. The third-order valence-electron chi connectivity index (χ3n) is 3.84. The number of aliphatic carboxylic acids is 1. The summed E-state index contributed by atoms with van der Waals surface area (Å²) in [5.41, 5.74) is 1.91. The number of ether oxygens (including phenoxy) is 1. The molecular weight excluding hydrogens is 334 g/mol. The average molecular weight is 353 g/mol. The van der Waals surface area contributed by atoms with E-state index in [9.17, 15) is 4.79 Å². The molecule has 0 fully saturated rings. The highest BCUT2D eigenvalue weighted by Crippen LogP contribution is 2.24. The molecule has 2 aliphatic rings. The third kappa shape index (κ3) is 4.10. The lowest BCUT2D eigenvalue weighted by Gasteiger charge is -2.12. The summed E-state index contributed by atoms with van der Waals surface area (Å²) in [6.45, 7) is 1.82. The molecule has 0 spiro atoms. The summed E-state index contributed by atoms with van der Waals surface area (Å²) < 4.78 is 11.2. The number of rotatable bonds is 6. The Balaban J connectivity index is 0.000000286. The van der Waals surface area contributed by atoms with Crippen LogP contribution >= 0.6 is 0 Å². The summed E-state index contributed by atoms with van der Waals surface area (Å²) in [4.78, 5) is 13.9. The van der Waals surface area contributed by atoms with Crippen LogP contribution in [-0.4, -0.2) is 33.9 Å². The molecule has 2 aliphatic carbocycles. The van der Waals surface area contributed by atoms with Crippen molar-refractivity contribution in [3.63, 3.8) is 0 Å². The second-order valence-corrected chi connectivity index (χ2v) is 5.83. The van der Waals surface area contributed by atoms with E-state index in [2.05, 4.69) is 23.2 Å². The number of aliphatic hydroxyl groups is 1. The first-order valence-electron chi connectivity index (χ1n) is 8.22. The highest BCUT2D eigenvalue weighted by Gasteiger charge is 2.09. The molecule has 1 aromatic carbocycles. The molecule has 0 radical (unpaired) electrons. The first kappa shape index (κ1) is 17.7. The minimum atomic E-state index is -1.23. The van der Waals surface area contributed by atoms with Gasteiger partial charge in [0.2, 0.25) is 5.89 Å². The molecule has 6 nitrogen and oxygen atoms in total. The number of oxazole rings is 1. The van der Waals surface area contributed by atoms with Gasteiger partial charge in [-0.15, -0.1) is 0 Å². The first-order valence-corrected chi connectivity index (χ1v) is 8.22. The van der Waals surface area contributed by atoms with Crippen LogP contribution in [0.25, 0.3) is 11.5 Å². The van der Waals surface area contributed by atoms with Gasteiger partial charge in [0.25, 0.3) is 0 Å². The van der Waals surface area contributed by atoms with Crippen LogP contribution in [0.1, 0.15) is 12.6 Å². The SMILES string of the molecule is CC(O)C(=O)O.c1ccc(-c2nc(CCOc3cc4ccc3=4)co2)cc1. The molecule has 1 aromatic heterocycles. The molecule has 0 amide bonds. The van der Waals surface area contributed by atoms with Crippen molar-refractivity contribution in [2.24, 2.45) is 0 Å². The lowest BCUT2D eigenvalue weighted by molar-refractivity contribution is -0.145. The molecule has 4 rings (SSSR count). The fraction of sp³-hybridized carbons (Fsp3) is 0.200. The van der Waals surface area contributed by atoms with Gasteiger partial charge in [-0.05, 0) is 30.3 Å². The van der Waals surface area contributed by atoms with E-state index in [0.717, 1.165) is 23.4 Å². The quantitative estimate of drug-likeness (QED) is 0.553. The summed E-state index contributed by atoms with van der Waals surface area (Å²) in [7, 11) is 0.